The van der Waals surface area contributed by atoms with E-state index in [1.54, 1.807) is 24.3 Å². The number of esters is 3. The molecule has 0 heterocycles. The molecule has 0 bridgehead atoms. The van der Waals surface area contributed by atoms with E-state index in [1.165, 1.54) is 0 Å². The Morgan fingerprint density at radius 1 is 0.969 bits per heavy atom. The van der Waals surface area contributed by atoms with E-state index >= 15 is 0 Å². The summed E-state index contributed by atoms with van der Waals surface area (Å²) in [6.45, 7) is 4.13. The third-order valence-electron chi connectivity index (χ3n) is 4.90. The molecular formula is C21H34N6O5. The number of ether oxygens (including phenoxy) is 2. The zero-order valence-corrected chi connectivity index (χ0v) is 18.5. The molecule has 0 unspecified atom stereocenters. The summed E-state index contributed by atoms with van der Waals surface area (Å²) < 4.78 is 10.0. The Morgan fingerprint density at radius 2 is 1.56 bits per heavy atom. The van der Waals surface area contributed by atoms with Gasteiger partial charge in [0.15, 0.2) is 5.96 Å². The molecule has 11 nitrogen and oxygen atoms in total. The van der Waals surface area contributed by atoms with Gasteiger partial charge in [-0.3, -0.25) is 4.99 Å². The minimum absolute atomic E-state index is 0.000134. The van der Waals surface area contributed by atoms with Gasteiger partial charge in [0.1, 0.15) is 23.9 Å². The molecule has 0 aromatic heterocycles. The molecule has 0 radical (unpaired) electrons. The lowest BCUT2D eigenvalue weighted by Gasteiger charge is -2.17. The first-order valence-corrected chi connectivity index (χ1v) is 10.4. The largest absolute Gasteiger partial charge is 0.425 e. The fraction of sp³-hybridized carbons (Fsp3) is 0.524. The lowest BCUT2D eigenvalue weighted by atomic mass is 10.0. The van der Waals surface area contributed by atoms with Crippen LogP contribution in [0, 0.1) is 5.92 Å². The highest BCUT2D eigenvalue weighted by atomic mass is 16.6. The minimum Gasteiger partial charge on any atom is -0.425 e. The number of benzene rings is 1. The van der Waals surface area contributed by atoms with E-state index in [0.29, 0.717) is 24.3 Å². The number of rotatable bonds is 12. The third kappa shape index (κ3) is 9.41. The van der Waals surface area contributed by atoms with Crippen molar-refractivity contribution < 1.29 is 23.9 Å². The molecule has 0 saturated carbocycles. The van der Waals surface area contributed by atoms with Gasteiger partial charge in [0.05, 0.1) is 0 Å². The summed E-state index contributed by atoms with van der Waals surface area (Å²) in [5.41, 5.74) is 28.5. The Labute approximate surface area is 187 Å². The first kappa shape index (κ1) is 27.0. The van der Waals surface area contributed by atoms with E-state index in [0.717, 1.165) is 6.42 Å². The number of aliphatic imine (C=N–C) groups is 1. The predicted molar refractivity (Wildman–Crippen MR) is 120 cm³/mol. The van der Waals surface area contributed by atoms with E-state index in [1.807, 2.05) is 13.8 Å². The molecular weight excluding hydrogens is 416 g/mol. The van der Waals surface area contributed by atoms with Gasteiger partial charge in [0.25, 0.3) is 0 Å². The number of carbonyl (C=O) groups is 3. The zero-order chi connectivity index (χ0) is 24.3. The molecule has 0 saturated heterocycles. The van der Waals surface area contributed by atoms with E-state index < -0.39 is 36.0 Å². The number of hydrogen-bond donors (Lipinski definition) is 5. The van der Waals surface area contributed by atoms with Crippen LogP contribution < -0.4 is 33.4 Å². The Balaban J connectivity index is 2.51. The maximum atomic E-state index is 12.1. The SMILES string of the molecule is CC[C@H](C)[C@H](N)C(=O)Oc1ccc(C[C@H](N)C(=O)OC(=O)[C@@H](N)CCCN=C(N)N)cc1. The van der Waals surface area contributed by atoms with Crippen LogP contribution in [-0.4, -0.2) is 48.5 Å². The van der Waals surface area contributed by atoms with Crippen molar-refractivity contribution >= 4 is 23.9 Å². The van der Waals surface area contributed by atoms with E-state index in [-0.39, 0.29) is 24.7 Å². The van der Waals surface area contributed by atoms with Gasteiger partial charge in [-0.1, -0.05) is 32.4 Å². The normalized spacial score (nSPS) is 14.5. The second-order valence-corrected chi connectivity index (χ2v) is 7.58. The molecule has 0 fully saturated rings. The van der Waals surface area contributed by atoms with Crippen molar-refractivity contribution in [2.45, 2.75) is 57.7 Å². The molecule has 0 aliphatic carbocycles. The summed E-state index contributed by atoms with van der Waals surface area (Å²) in [7, 11) is 0. The van der Waals surface area contributed by atoms with Crippen LogP contribution in [0.25, 0.3) is 0 Å². The second kappa shape index (κ2) is 13.4. The van der Waals surface area contributed by atoms with Crippen LogP contribution in [0.15, 0.2) is 29.3 Å². The molecule has 1 aromatic carbocycles. The molecule has 0 aliphatic heterocycles. The quantitative estimate of drug-likeness (QED) is 0.0673. The Kier molecular flexibility index (Phi) is 11.3. The number of carbonyl (C=O) groups excluding carboxylic acids is 3. The molecule has 0 amide bonds. The van der Waals surface area contributed by atoms with Crippen LogP contribution >= 0.6 is 0 Å². The third-order valence-corrected chi connectivity index (χ3v) is 4.90. The Hall–Kier alpha value is -3.02. The smallest absolute Gasteiger partial charge is 0.330 e. The number of nitrogens with zero attached hydrogens (tertiary/aromatic N) is 1. The summed E-state index contributed by atoms with van der Waals surface area (Å²) in [4.78, 5) is 39.9. The van der Waals surface area contributed by atoms with Crippen LogP contribution in [0.5, 0.6) is 5.75 Å². The van der Waals surface area contributed by atoms with E-state index in [9.17, 15) is 14.4 Å². The molecule has 1 rings (SSSR count). The monoisotopic (exact) mass is 450 g/mol. The average molecular weight is 451 g/mol. The zero-order valence-electron chi connectivity index (χ0n) is 18.5. The molecule has 4 atom stereocenters. The lowest BCUT2D eigenvalue weighted by Crippen LogP contribution is -2.40. The van der Waals surface area contributed by atoms with Crippen LogP contribution in [0.2, 0.25) is 0 Å². The topological polar surface area (TPSA) is 212 Å². The molecule has 0 spiro atoms. The van der Waals surface area contributed by atoms with Gasteiger partial charge < -0.3 is 38.1 Å². The number of hydrogen-bond acceptors (Lipinski definition) is 9. The van der Waals surface area contributed by atoms with Crippen molar-refractivity contribution in [3.8, 4) is 5.75 Å². The minimum atomic E-state index is -1.07. The fourth-order valence-electron chi connectivity index (χ4n) is 2.59. The lowest BCUT2D eigenvalue weighted by molar-refractivity contribution is -0.161. The predicted octanol–water partition coefficient (Wildman–Crippen LogP) is -0.714. The summed E-state index contributed by atoms with van der Waals surface area (Å²) in [6, 6.07) is 3.69. The molecule has 1 aromatic rings. The summed E-state index contributed by atoms with van der Waals surface area (Å²) in [5.74, 6) is -1.99. The van der Waals surface area contributed by atoms with Crippen LogP contribution in [0.3, 0.4) is 0 Å². The molecule has 32 heavy (non-hydrogen) atoms. The average Bonchev–Trinajstić information content (AvgIpc) is 2.76. The van der Waals surface area contributed by atoms with Crippen molar-refractivity contribution in [1.82, 2.24) is 0 Å². The van der Waals surface area contributed by atoms with Crippen LogP contribution in [0.4, 0.5) is 0 Å². The van der Waals surface area contributed by atoms with Gasteiger partial charge in [-0.05, 0) is 42.9 Å². The van der Waals surface area contributed by atoms with Crippen molar-refractivity contribution in [3.63, 3.8) is 0 Å². The Morgan fingerprint density at radius 3 is 2.12 bits per heavy atom. The van der Waals surface area contributed by atoms with Crippen LogP contribution in [0.1, 0.15) is 38.7 Å². The highest BCUT2D eigenvalue weighted by Gasteiger charge is 2.24. The molecule has 11 heteroatoms. The maximum absolute atomic E-state index is 12.1. The van der Waals surface area contributed by atoms with Crippen molar-refractivity contribution in [2.24, 2.45) is 39.6 Å². The van der Waals surface area contributed by atoms with Crippen molar-refractivity contribution in [1.29, 1.82) is 0 Å². The second-order valence-electron chi connectivity index (χ2n) is 7.58. The van der Waals surface area contributed by atoms with E-state index in [2.05, 4.69) is 4.99 Å². The summed E-state index contributed by atoms with van der Waals surface area (Å²) in [6.07, 6.45) is 1.58. The standard InChI is InChI=1S/C21H34N6O5/c1-3-12(2)17(24)20(30)31-14-8-6-13(7-9-14)11-16(23)19(29)32-18(28)15(22)5-4-10-27-21(25)26/h6-9,12,15-17H,3-5,10-11,22-24H2,1-2H3,(H4,25,26,27)/t12-,15-,16-,17-/m0/s1. The van der Waals surface area contributed by atoms with Gasteiger partial charge in [-0.15, -0.1) is 0 Å². The Bertz CT molecular complexity index is 794. The summed E-state index contributed by atoms with van der Waals surface area (Å²) >= 11 is 0. The van der Waals surface area contributed by atoms with Gasteiger partial charge in [0, 0.05) is 6.54 Å². The van der Waals surface area contributed by atoms with Crippen molar-refractivity contribution in [3.05, 3.63) is 29.8 Å². The van der Waals surface area contributed by atoms with E-state index in [4.69, 9.17) is 38.1 Å². The highest BCUT2D eigenvalue weighted by molar-refractivity contribution is 5.90. The molecule has 0 aliphatic rings. The van der Waals surface area contributed by atoms with Gasteiger partial charge in [-0.25, -0.2) is 14.4 Å². The van der Waals surface area contributed by atoms with Gasteiger partial charge in [-0.2, -0.15) is 0 Å². The first-order chi connectivity index (χ1) is 15.0. The maximum Gasteiger partial charge on any atom is 0.330 e. The number of nitrogens with two attached hydrogens (primary N) is 5. The first-order valence-electron chi connectivity index (χ1n) is 10.4. The highest BCUT2D eigenvalue weighted by Crippen LogP contribution is 2.16. The molecule has 178 valence electrons. The number of guanidine groups is 1. The molecule has 10 N–H and O–H groups in total. The van der Waals surface area contributed by atoms with Crippen LogP contribution in [-0.2, 0) is 25.5 Å². The van der Waals surface area contributed by atoms with Gasteiger partial charge >= 0.3 is 17.9 Å². The van der Waals surface area contributed by atoms with Crippen molar-refractivity contribution in [2.75, 3.05) is 6.54 Å². The fourth-order valence-corrected chi connectivity index (χ4v) is 2.59. The van der Waals surface area contributed by atoms with Gasteiger partial charge in [0.2, 0.25) is 0 Å². The summed E-state index contributed by atoms with van der Waals surface area (Å²) in [5, 5.41) is 0.